The Balaban J connectivity index is 1.56. The first kappa shape index (κ1) is 15.7. The first-order chi connectivity index (χ1) is 11.1. The van der Waals surface area contributed by atoms with E-state index in [4.69, 9.17) is 9.52 Å². The number of halogens is 1. The second kappa shape index (κ2) is 6.96. The van der Waals surface area contributed by atoms with Crippen molar-refractivity contribution in [2.24, 2.45) is 5.92 Å². The van der Waals surface area contributed by atoms with Crippen LogP contribution in [0.1, 0.15) is 31.2 Å². The van der Waals surface area contributed by atoms with Gasteiger partial charge in [-0.15, -0.1) is 0 Å². The molecule has 0 bridgehead atoms. The van der Waals surface area contributed by atoms with Crippen molar-refractivity contribution in [2.45, 2.75) is 38.3 Å². The first-order valence-electron chi connectivity index (χ1n) is 7.92. The maximum Gasteiger partial charge on any atom is 0.306 e. The van der Waals surface area contributed by atoms with E-state index in [1.165, 1.54) is 6.07 Å². The maximum absolute atomic E-state index is 14.2. The highest BCUT2D eigenvalue weighted by atomic mass is 19.1. The molecule has 1 fully saturated rings. The molecule has 3 rings (SSSR count). The Morgan fingerprint density at radius 3 is 2.65 bits per heavy atom. The standard InChI is InChI=1S/C18H20FNO3/c19-16-10-13(17-2-1-9-23-17)3-4-14(16)11-20-15-7-5-12(6-8-15)18(21)22/h1-4,9-10,12,15,20H,5-8,11H2,(H,21,22). The number of carboxylic acid groups (broad SMARTS) is 1. The summed E-state index contributed by atoms with van der Waals surface area (Å²) in [5.41, 5.74) is 1.33. The molecule has 122 valence electrons. The van der Waals surface area contributed by atoms with E-state index in [0.29, 0.717) is 30.7 Å². The number of benzene rings is 1. The van der Waals surface area contributed by atoms with E-state index in [1.807, 2.05) is 6.07 Å². The molecule has 1 aliphatic rings. The van der Waals surface area contributed by atoms with Crippen molar-refractivity contribution in [3.8, 4) is 11.3 Å². The molecule has 1 aromatic carbocycles. The summed E-state index contributed by atoms with van der Waals surface area (Å²) in [5.74, 6) is -0.540. The van der Waals surface area contributed by atoms with E-state index in [0.717, 1.165) is 18.4 Å². The van der Waals surface area contributed by atoms with Crippen LogP contribution in [0, 0.1) is 11.7 Å². The van der Waals surface area contributed by atoms with E-state index < -0.39 is 5.97 Å². The molecule has 1 heterocycles. The molecule has 2 N–H and O–H groups in total. The summed E-state index contributed by atoms with van der Waals surface area (Å²) in [6, 6.07) is 8.93. The molecule has 1 aromatic heterocycles. The Bertz CT molecular complexity index is 661. The van der Waals surface area contributed by atoms with Crippen LogP contribution in [0.4, 0.5) is 4.39 Å². The number of rotatable bonds is 5. The Hall–Kier alpha value is -2.14. The Kier molecular flexibility index (Phi) is 4.76. The fourth-order valence-corrected chi connectivity index (χ4v) is 3.09. The predicted octanol–water partition coefficient (Wildman–Crippen LogP) is 3.82. The fourth-order valence-electron chi connectivity index (χ4n) is 3.09. The average Bonchev–Trinajstić information content (AvgIpc) is 3.08. The maximum atomic E-state index is 14.2. The second-order valence-electron chi connectivity index (χ2n) is 6.05. The molecule has 1 aliphatic carbocycles. The molecular weight excluding hydrogens is 297 g/mol. The van der Waals surface area contributed by atoms with Gasteiger partial charge in [0.1, 0.15) is 11.6 Å². The largest absolute Gasteiger partial charge is 0.481 e. The smallest absolute Gasteiger partial charge is 0.306 e. The summed E-state index contributed by atoms with van der Waals surface area (Å²) in [4.78, 5) is 10.9. The third kappa shape index (κ3) is 3.79. The van der Waals surface area contributed by atoms with Gasteiger partial charge >= 0.3 is 5.97 Å². The highest BCUT2D eigenvalue weighted by Gasteiger charge is 2.25. The monoisotopic (exact) mass is 317 g/mol. The highest BCUT2D eigenvalue weighted by Crippen LogP contribution is 2.25. The summed E-state index contributed by atoms with van der Waals surface area (Å²) in [6.45, 7) is 0.451. The van der Waals surface area contributed by atoms with E-state index in [-0.39, 0.29) is 17.8 Å². The zero-order valence-corrected chi connectivity index (χ0v) is 12.8. The highest BCUT2D eigenvalue weighted by molar-refractivity contribution is 5.70. The molecule has 0 unspecified atom stereocenters. The van der Waals surface area contributed by atoms with Crippen molar-refractivity contribution in [1.29, 1.82) is 0 Å². The first-order valence-corrected chi connectivity index (χ1v) is 7.92. The number of aliphatic carboxylic acids is 1. The molecule has 0 amide bonds. The SMILES string of the molecule is O=C(O)C1CCC(NCc2ccc(-c3ccco3)cc2F)CC1. The Morgan fingerprint density at radius 1 is 1.26 bits per heavy atom. The number of carbonyl (C=O) groups is 1. The van der Waals surface area contributed by atoms with Gasteiger partial charge in [-0.3, -0.25) is 4.79 Å². The van der Waals surface area contributed by atoms with E-state index in [2.05, 4.69) is 5.32 Å². The van der Waals surface area contributed by atoms with Crippen LogP contribution in [-0.2, 0) is 11.3 Å². The van der Waals surface area contributed by atoms with Crippen LogP contribution < -0.4 is 5.32 Å². The summed E-state index contributed by atoms with van der Waals surface area (Å²) in [6.07, 6.45) is 4.59. The van der Waals surface area contributed by atoms with Gasteiger partial charge in [0.15, 0.2) is 0 Å². The Morgan fingerprint density at radius 2 is 2.04 bits per heavy atom. The predicted molar refractivity (Wildman–Crippen MR) is 84.3 cm³/mol. The molecule has 1 saturated carbocycles. The van der Waals surface area contributed by atoms with Crippen LogP contribution in [-0.4, -0.2) is 17.1 Å². The zero-order valence-electron chi connectivity index (χ0n) is 12.8. The van der Waals surface area contributed by atoms with Crippen molar-refractivity contribution in [2.75, 3.05) is 0 Å². The molecule has 5 heteroatoms. The van der Waals surface area contributed by atoms with Crippen molar-refractivity contribution in [3.63, 3.8) is 0 Å². The van der Waals surface area contributed by atoms with Crippen LogP contribution in [0.25, 0.3) is 11.3 Å². The van der Waals surface area contributed by atoms with Gasteiger partial charge in [0.25, 0.3) is 0 Å². The lowest BCUT2D eigenvalue weighted by Crippen LogP contribution is -2.34. The van der Waals surface area contributed by atoms with Gasteiger partial charge < -0.3 is 14.8 Å². The normalized spacial score (nSPS) is 21.3. The van der Waals surface area contributed by atoms with Crippen molar-refractivity contribution in [1.82, 2.24) is 5.32 Å². The molecular formula is C18H20FNO3. The minimum absolute atomic E-state index is 0.225. The van der Waals surface area contributed by atoms with Gasteiger partial charge in [-0.2, -0.15) is 0 Å². The van der Waals surface area contributed by atoms with Crippen molar-refractivity contribution >= 4 is 5.97 Å². The zero-order chi connectivity index (χ0) is 16.2. The van der Waals surface area contributed by atoms with Crippen LogP contribution in [0.15, 0.2) is 41.0 Å². The van der Waals surface area contributed by atoms with Gasteiger partial charge in [-0.25, -0.2) is 4.39 Å². The lowest BCUT2D eigenvalue weighted by molar-refractivity contribution is -0.142. The molecule has 2 aromatic rings. The number of carboxylic acids is 1. The lowest BCUT2D eigenvalue weighted by Gasteiger charge is -2.27. The second-order valence-corrected chi connectivity index (χ2v) is 6.05. The molecule has 0 saturated heterocycles. The number of furan rings is 1. The van der Waals surface area contributed by atoms with Gasteiger partial charge in [0, 0.05) is 23.7 Å². The van der Waals surface area contributed by atoms with Crippen molar-refractivity contribution in [3.05, 3.63) is 48.0 Å². The molecule has 0 spiro atoms. The summed E-state index contributed by atoms with van der Waals surface area (Å²) in [7, 11) is 0. The molecule has 0 radical (unpaired) electrons. The molecule has 23 heavy (non-hydrogen) atoms. The van der Waals surface area contributed by atoms with Crippen LogP contribution in [0.3, 0.4) is 0 Å². The number of hydrogen-bond acceptors (Lipinski definition) is 3. The summed E-state index contributed by atoms with van der Waals surface area (Å²) in [5, 5.41) is 12.3. The molecule has 0 aliphatic heterocycles. The quantitative estimate of drug-likeness (QED) is 0.880. The third-order valence-corrected chi connectivity index (χ3v) is 4.52. The van der Waals surface area contributed by atoms with Gasteiger partial charge in [0.2, 0.25) is 0 Å². The van der Waals surface area contributed by atoms with Crippen LogP contribution >= 0.6 is 0 Å². The summed E-state index contributed by atoms with van der Waals surface area (Å²) < 4.78 is 19.5. The molecule has 4 nitrogen and oxygen atoms in total. The van der Waals surface area contributed by atoms with Gasteiger partial charge in [-0.05, 0) is 43.9 Å². The topological polar surface area (TPSA) is 62.5 Å². The van der Waals surface area contributed by atoms with E-state index in [1.54, 1.807) is 24.5 Å². The lowest BCUT2D eigenvalue weighted by atomic mass is 9.86. The van der Waals surface area contributed by atoms with Crippen LogP contribution in [0.2, 0.25) is 0 Å². The Labute approximate surface area is 134 Å². The van der Waals surface area contributed by atoms with Crippen molar-refractivity contribution < 1.29 is 18.7 Å². The minimum Gasteiger partial charge on any atom is -0.481 e. The third-order valence-electron chi connectivity index (χ3n) is 4.52. The number of nitrogens with one attached hydrogen (secondary N) is 1. The molecule has 0 atom stereocenters. The van der Waals surface area contributed by atoms with Gasteiger partial charge in [0.05, 0.1) is 12.2 Å². The minimum atomic E-state index is -0.706. The van der Waals surface area contributed by atoms with E-state index in [9.17, 15) is 9.18 Å². The van der Waals surface area contributed by atoms with Crippen LogP contribution in [0.5, 0.6) is 0 Å². The fraction of sp³-hybridized carbons (Fsp3) is 0.389. The van der Waals surface area contributed by atoms with Gasteiger partial charge in [-0.1, -0.05) is 12.1 Å². The van der Waals surface area contributed by atoms with E-state index >= 15 is 0 Å². The average molecular weight is 317 g/mol. The summed E-state index contributed by atoms with van der Waals surface area (Å²) >= 11 is 0. The number of hydrogen-bond donors (Lipinski definition) is 2.